The van der Waals surface area contributed by atoms with Gasteiger partial charge in [0, 0.05) is 19.2 Å². The fraction of sp³-hybridized carbons (Fsp3) is 0.600. The second-order valence-electron chi connectivity index (χ2n) is 8.20. The third-order valence-electron chi connectivity index (χ3n) is 6.14. The van der Waals surface area contributed by atoms with Gasteiger partial charge < -0.3 is 4.90 Å². The minimum Gasteiger partial charge on any atom is -0.303 e. The average Bonchev–Trinajstić information content (AvgIpc) is 2.67. The zero-order valence-electron chi connectivity index (χ0n) is 15.9. The Bertz CT molecular complexity index is 999. The molecule has 3 heterocycles. The van der Waals surface area contributed by atoms with Gasteiger partial charge >= 0.3 is 0 Å². The number of rotatable bonds is 4. The number of likely N-dealkylation sites (tertiary alicyclic amines) is 1. The zero-order chi connectivity index (χ0) is 19.7. The minimum atomic E-state index is -2.80. The van der Waals surface area contributed by atoms with Crippen LogP contribution in [0.15, 0.2) is 29.3 Å². The highest BCUT2D eigenvalue weighted by Crippen LogP contribution is 2.24. The van der Waals surface area contributed by atoms with E-state index in [2.05, 4.69) is 9.88 Å². The van der Waals surface area contributed by atoms with Crippen LogP contribution in [0.25, 0.3) is 10.9 Å². The van der Waals surface area contributed by atoms with Crippen LogP contribution in [0.4, 0.5) is 4.39 Å². The smallest absolute Gasteiger partial charge is 0.261 e. The van der Waals surface area contributed by atoms with Crippen molar-refractivity contribution in [3.8, 4) is 0 Å². The fourth-order valence-electron chi connectivity index (χ4n) is 4.38. The second kappa shape index (κ2) is 7.91. The number of halogens is 1. The van der Waals surface area contributed by atoms with E-state index in [0.717, 1.165) is 45.3 Å². The molecule has 2 aromatic rings. The first kappa shape index (κ1) is 19.5. The standard InChI is InChI=1S/C20H26FN3O3S/c21-17-1-2-18-19(11-17)22-14-24(20(18)25)13-15-3-7-23(8-4-15)12-16-5-9-28(26,27)10-6-16/h1-2,11,14-16H,3-10,12-13H2. The zero-order valence-corrected chi connectivity index (χ0v) is 16.7. The number of aromatic nitrogens is 2. The van der Waals surface area contributed by atoms with Gasteiger partial charge in [-0.1, -0.05) is 0 Å². The van der Waals surface area contributed by atoms with Crippen molar-refractivity contribution in [1.82, 2.24) is 14.5 Å². The van der Waals surface area contributed by atoms with Gasteiger partial charge in [-0.2, -0.15) is 0 Å². The number of nitrogens with zero attached hydrogens (tertiary/aromatic N) is 3. The number of hydrogen-bond acceptors (Lipinski definition) is 5. The van der Waals surface area contributed by atoms with Gasteiger partial charge in [0.15, 0.2) is 0 Å². The van der Waals surface area contributed by atoms with Gasteiger partial charge in [-0.25, -0.2) is 17.8 Å². The number of benzene rings is 1. The van der Waals surface area contributed by atoms with E-state index in [4.69, 9.17) is 0 Å². The lowest BCUT2D eigenvalue weighted by Crippen LogP contribution is -2.40. The van der Waals surface area contributed by atoms with E-state index in [1.165, 1.54) is 24.5 Å². The summed E-state index contributed by atoms with van der Waals surface area (Å²) in [5.41, 5.74) is 0.279. The van der Waals surface area contributed by atoms with Crippen molar-refractivity contribution in [2.45, 2.75) is 32.2 Å². The quantitative estimate of drug-likeness (QED) is 0.776. The van der Waals surface area contributed by atoms with Crippen LogP contribution >= 0.6 is 0 Å². The van der Waals surface area contributed by atoms with Crippen LogP contribution in [-0.2, 0) is 16.4 Å². The second-order valence-corrected chi connectivity index (χ2v) is 10.5. The molecule has 2 aliphatic rings. The van der Waals surface area contributed by atoms with E-state index in [1.807, 2.05) is 0 Å². The van der Waals surface area contributed by atoms with Gasteiger partial charge in [0.2, 0.25) is 0 Å². The average molecular weight is 408 g/mol. The van der Waals surface area contributed by atoms with Crippen LogP contribution in [0.3, 0.4) is 0 Å². The van der Waals surface area contributed by atoms with Crippen LogP contribution in [0.1, 0.15) is 25.7 Å². The number of piperidine rings is 1. The summed E-state index contributed by atoms with van der Waals surface area (Å²) in [6.07, 6.45) is 5.11. The molecule has 0 saturated carbocycles. The topological polar surface area (TPSA) is 72.3 Å². The van der Waals surface area contributed by atoms with Crippen LogP contribution in [0, 0.1) is 17.7 Å². The summed E-state index contributed by atoms with van der Waals surface area (Å²) >= 11 is 0. The molecule has 0 aliphatic carbocycles. The van der Waals surface area contributed by atoms with E-state index in [1.54, 1.807) is 4.57 Å². The molecule has 0 bridgehead atoms. The van der Waals surface area contributed by atoms with Crippen molar-refractivity contribution in [3.63, 3.8) is 0 Å². The molecule has 0 spiro atoms. The predicted molar refractivity (Wildman–Crippen MR) is 107 cm³/mol. The monoisotopic (exact) mass is 407 g/mol. The van der Waals surface area contributed by atoms with Crippen molar-refractivity contribution in [1.29, 1.82) is 0 Å². The van der Waals surface area contributed by atoms with Crippen LogP contribution < -0.4 is 5.56 Å². The molecule has 2 aliphatic heterocycles. The van der Waals surface area contributed by atoms with Crippen molar-refractivity contribution in [2.24, 2.45) is 11.8 Å². The molecule has 1 aromatic carbocycles. The molecule has 28 heavy (non-hydrogen) atoms. The lowest BCUT2D eigenvalue weighted by molar-refractivity contribution is 0.148. The van der Waals surface area contributed by atoms with Crippen molar-refractivity contribution in [2.75, 3.05) is 31.1 Å². The maximum atomic E-state index is 13.3. The van der Waals surface area contributed by atoms with Crippen molar-refractivity contribution in [3.05, 3.63) is 40.7 Å². The highest BCUT2D eigenvalue weighted by molar-refractivity contribution is 7.91. The lowest BCUT2D eigenvalue weighted by atomic mass is 9.94. The van der Waals surface area contributed by atoms with Crippen LogP contribution in [-0.4, -0.2) is 54.0 Å². The van der Waals surface area contributed by atoms with E-state index >= 15 is 0 Å². The highest BCUT2D eigenvalue weighted by Gasteiger charge is 2.27. The molecule has 4 rings (SSSR count). The number of hydrogen-bond donors (Lipinski definition) is 0. The SMILES string of the molecule is O=c1c2ccc(F)cc2ncn1CC1CCN(CC2CCS(=O)(=O)CC2)CC1. The summed E-state index contributed by atoms with van der Waals surface area (Å²) < 4.78 is 38.1. The third-order valence-corrected chi connectivity index (χ3v) is 7.86. The maximum absolute atomic E-state index is 13.3. The number of sulfone groups is 1. The Hall–Kier alpha value is -1.80. The Morgan fingerprint density at radius 2 is 1.71 bits per heavy atom. The Balaban J connectivity index is 1.32. The third kappa shape index (κ3) is 4.43. The van der Waals surface area contributed by atoms with Crippen molar-refractivity contribution >= 4 is 20.7 Å². The summed E-state index contributed by atoms with van der Waals surface area (Å²) in [7, 11) is -2.80. The largest absolute Gasteiger partial charge is 0.303 e. The summed E-state index contributed by atoms with van der Waals surface area (Å²) in [6, 6.07) is 4.09. The lowest BCUT2D eigenvalue weighted by Gasteiger charge is -2.35. The minimum absolute atomic E-state index is 0.115. The molecule has 1 aromatic heterocycles. The summed E-state index contributed by atoms with van der Waals surface area (Å²) in [4.78, 5) is 19.3. The summed E-state index contributed by atoms with van der Waals surface area (Å²) in [6.45, 7) is 3.57. The molecular formula is C20H26FN3O3S. The molecule has 8 heteroatoms. The molecule has 6 nitrogen and oxygen atoms in total. The molecule has 0 unspecified atom stereocenters. The summed E-state index contributed by atoms with van der Waals surface area (Å²) in [5.74, 6) is 1.17. The van der Waals surface area contributed by atoms with Gasteiger partial charge in [0.05, 0.1) is 28.7 Å². The van der Waals surface area contributed by atoms with E-state index in [0.29, 0.717) is 40.8 Å². The van der Waals surface area contributed by atoms with E-state index in [9.17, 15) is 17.6 Å². The van der Waals surface area contributed by atoms with Gasteiger partial charge in [0.1, 0.15) is 15.7 Å². The van der Waals surface area contributed by atoms with Crippen LogP contribution in [0.5, 0.6) is 0 Å². The van der Waals surface area contributed by atoms with Gasteiger partial charge in [-0.15, -0.1) is 0 Å². The molecular weight excluding hydrogens is 381 g/mol. The maximum Gasteiger partial charge on any atom is 0.261 e. The van der Waals surface area contributed by atoms with Crippen molar-refractivity contribution < 1.29 is 12.8 Å². The normalized spacial score (nSPS) is 21.9. The first-order chi connectivity index (χ1) is 13.4. The molecule has 152 valence electrons. The Morgan fingerprint density at radius 3 is 2.43 bits per heavy atom. The Morgan fingerprint density at radius 1 is 1.04 bits per heavy atom. The summed E-state index contributed by atoms with van der Waals surface area (Å²) in [5, 5.41) is 0.452. The molecule has 0 N–H and O–H groups in total. The molecule has 0 amide bonds. The molecule has 0 atom stereocenters. The number of fused-ring (bicyclic) bond motifs is 1. The van der Waals surface area contributed by atoms with E-state index < -0.39 is 9.84 Å². The van der Waals surface area contributed by atoms with Gasteiger partial charge in [0.25, 0.3) is 5.56 Å². The first-order valence-electron chi connectivity index (χ1n) is 9.97. The van der Waals surface area contributed by atoms with Gasteiger partial charge in [-0.3, -0.25) is 9.36 Å². The molecule has 0 radical (unpaired) electrons. The highest BCUT2D eigenvalue weighted by atomic mass is 32.2. The van der Waals surface area contributed by atoms with Gasteiger partial charge in [-0.05, 0) is 62.7 Å². The van der Waals surface area contributed by atoms with E-state index in [-0.39, 0.29) is 11.4 Å². The Labute approximate surface area is 164 Å². The predicted octanol–water partition coefficient (Wildman–Crippen LogP) is 2.07. The van der Waals surface area contributed by atoms with Crippen LogP contribution in [0.2, 0.25) is 0 Å². The Kier molecular flexibility index (Phi) is 5.51. The fourth-order valence-corrected chi connectivity index (χ4v) is 5.97. The molecule has 2 saturated heterocycles. The molecule has 2 fully saturated rings. The first-order valence-corrected chi connectivity index (χ1v) is 11.8.